The van der Waals surface area contributed by atoms with Crippen LogP contribution in [0.2, 0.25) is 0 Å². The van der Waals surface area contributed by atoms with Crippen LogP contribution in [0.3, 0.4) is 0 Å². The molecule has 0 radical (unpaired) electrons. The second-order valence-electron chi connectivity index (χ2n) is 4.08. The van der Waals surface area contributed by atoms with Gasteiger partial charge in [0.25, 0.3) is 5.69 Å². The van der Waals surface area contributed by atoms with E-state index in [4.69, 9.17) is 0 Å². The zero-order chi connectivity index (χ0) is 14.4. The number of rotatable bonds is 6. The number of carbonyl (C=O) groups is 1. The maximum atomic E-state index is 11.2. The molecule has 0 spiro atoms. The van der Waals surface area contributed by atoms with Crippen molar-refractivity contribution in [3.8, 4) is 0 Å². The van der Waals surface area contributed by atoms with E-state index in [0.29, 0.717) is 18.7 Å². The lowest BCUT2D eigenvalue weighted by atomic mass is 10.1. The molecule has 0 aliphatic carbocycles. The van der Waals surface area contributed by atoms with E-state index in [1.54, 1.807) is 13.0 Å². The van der Waals surface area contributed by atoms with Gasteiger partial charge in [0.05, 0.1) is 24.0 Å². The quantitative estimate of drug-likeness (QED) is 0.448. The van der Waals surface area contributed by atoms with Crippen LogP contribution in [-0.4, -0.2) is 31.1 Å². The number of carbonyl (C=O) groups excluding carboxylic acids is 1. The molecule has 104 valence electrons. The molecule has 1 aromatic rings. The fourth-order valence-electron chi connectivity index (χ4n) is 1.93. The molecule has 0 unspecified atom stereocenters. The van der Waals surface area contributed by atoms with Crippen molar-refractivity contribution in [1.29, 1.82) is 0 Å². The molecule has 0 amide bonds. The highest BCUT2D eigenvalue weighted by Gasteiger charge is 2.17. The first-order chi connectivity index (χ1) is 9.01. The van der Waals surface area contributed by atoms with Crippen LogP contribution in [0, 0.1) is 17.0 Å². The predicted octanol–water partition coefficient (Wildman–Crippen LogP) is 2.29. The Morgan fingerprint density at radius 2 is 2.16 bits per heavy atom. The number of benzene rings is 1. The summed E-state index contributed by atoms with van der Waals surface area (Å²) in [6, 6.07) is 4.96. The third-order valence-electron chi connectivity index (χ3n) is 3.01. The summed E-state index contributed by atoms with van der Waals surface area (Å²) >= 11 is 0. The van der Waals surface area contributed by atoms with Crippen molar-refractivity contribution in [2.24, 2.45) is 0 Å². The monoisotopic (exact) mass is 266 g/mol. The van der Waals surface area contributed by atoms with E-state index in [0.717, 1.165) is 5.69 Å². The second-order valence-corrected chi connectivity index (χ2v) is 4.08. The first-order valence-electron chi connectivity index (χ1n) is 6.07. The van der Waals surface area contributed by atoms with Gasteiger partial charge in [0, 0.05) is 24.8 Å². The van der Waals surface area contributed by atoms with Gasteiger partial charge in [-0.2, -0.15) is 0 Å². The van der Waals surface area contributed by atoms with E-state index >= 15 is 0 Å². The minimum atomic E-state index is -0.396. The summed E-state index contributed by atoms with van der Waals surface area (Å²) < 4.78 is 4.60. The lowest BCUT2D eigenvalue weighted by molar-refractivity contribution is -0.385. The van der Waals surface area contributed by atoms with Crippen molar-refractivity contribution in [3.05, 3.63) is 33.9 Å². The third kappa shape index (κ3) is 3.67. The molecule has 1 rings (SSSR count). The zero-order valence-corrected chi connectivity index (χ0v) is 11.4. The Kier molecular flexibility index (Phi) is 5.29. The van der Waals surface area contributed by atoms with E-state index in [1.165, 1.54) is 13.2 Å². The normalized spacial score (nSPS) is 10.1. The molecule has 6 nitrogen and oxygen atoms in total. The van der Waals surface area contributed by atoms with E-state index in [9.17, 15) is 14.9 Å². The van der Waals surface area contributed by atoms with E-state index < -0.39 is 4.92 Å². The second kappa shape index (κ2) is 6.72. The average molecular weight is 266 g/mol. The Labute approximate surface area is 112 Å². The van der Waals surface area contributed by atoms with Gasteiger partial charge in [-0.05, 0) is 19.9 Å². The molecule has 0 atom stereocenters. The molecule has 0 fully saturated rings. The molecule has 6 heteroatoms. The Morgan fingerprint density at radius 3 is 2.68 bits per heavy atom. The summed E-state index contributed by atoms with van der Waals surface area (Å²) in [5, 5.41) is 10.9. The van der Waals surface area contributed by atoms with Crippen LogP contribution in [0.5, 0.6) is 0 Å². The molecule has 0 bridgehead atoms. The van der Waals surface area contributed by atoms with E-state index in [2.05, 4.69) is 4.74 Å². The molecule has 19 heavy (non-hydrogen) atoms. The number of hydrogen-bond acceptors (Lipinski definition) is 5. The summed E-state index contributed by atoms with van der Waals surface area (Å²) in [7, 11) is 1.34. The Bertz CT molecular complexity index is 474. The van der Waals surface area contributed by atoms with Gasteiger partial charge in [-0.1, -0.05) is 6.07 Å². The molecule has 0 aliphatic rings. The SMILES string of the molecule is CCN(CCC(=O)OC)c1cccc([N+](=O)[O-])c1C. The van der Waals surface area contributed by atoms with Crippen LogP contribution in [0.15, 0.2) is 18.2 Å². The summed E-state index contributed by atoms with van der Waals surface area (Å²) in [5.74, 6) is -0.290. The number of ether oxygens (including phenoxy) is 1. The number of hydrogen-bond donors (Lipinski definition) is 0. The number of esters is 1. The van der Waals surface area contributed by atoms with Crippen molar-refractivity contribution in [2.45, 2.75) is 20.3 Å². The van der Waals surface area contributed by atoms with Crippen molar-refractivity contribution < 1.29 is 14.5 Å². The maximum absolute atomic E-state index is 11.2. The molecule has 0 saturated heterocycles. The average Bonchev–Trinajstić information content (AvgIpc) is 2.40. The highest BCUT2D eigenvalue weighted by atomic mass is 16.6. The summed E-state index contributed by atoms with van der Waals surface area (Å²) in [5.41, 5.74) is 1.48. The Balaban J connectivity index is 2.95. The van der Waals surface area contributed by atoms with Crippen molar-refractivity contribution >= 4 is 17.3 Å². The topological polar surface area (TPSA) is 72.7 Å². The molecule has 0 N–H and O–H groups in total. The van der Waals surface area contributed by atoms with Crippen LogP contribution < -0.4 is 4.90 Å². The van der Waals surface area contributed by atoms with Crippen molar-refractivity contribution in [3.63, 3.8) is 0 Å². The van der Waals surface area contributed by atoms with Gasteiger partial charge in [-0.25, -0.2) is 0 Å². The molecule has 0 saturated carbocycles. The molecular weight excluding hydrogens is 248 g/mol. The largest absolute Gasteiger partial charge is 0.469 e. The van der Waals surface area contributed by atoms with Gasteiger partial charge in [-0.3, -0.25) is 14.9 Å². The van der Waals surface area contributed by atoms with Crippen LogP contribution in [0.1, 0.15) is 18.9 Å². The number of methoxy groups -OCH3 is 1. The van der Waals surface area contributed by atoms with Gasteiger partial charge >= 0.3 is 5.97 Å². The number of anilines is 1. The van der Waals surface area contributed by atoms with Crippen LogP contribution in [0.25, 0.3) is 0 Å². The Morgan fingerprint density at radius 1 is 1.47 bits per heavy atom. The van der Waals surface area contributed by atoms with Gasteiger partial charge in [0.15, 0.2) is 0 Å². The van der Waals surface area contributed by atoms with Gasteiger partial charge in [0.1, 0.15) is 0 Å². The standard InChI is InChI=1S/C13H18N2O4/c1-4-14(9-8-13(16)19-3)11-6-5-7-12(10(11)2)15(17)18/h5-7H,4,8-9H2,1-3H3. The van der Waals surface area contributed by atoms with E-state index in [1.807, 2.05) is 17.9 Å². The van der Waals surface area contributed by atoms with Gasteiger partial charge < -0.3 is 9.64 Å². The molecule has 0 heterocycles. The minimum absolute atomic E-state index is 0.0917. The molecule has 0 aromatic heterocycles. The first kappa shape index (κ1) is 14.9. The fraction of sp³-hybridized carbons (Fsp3) is 0.462. The molecular formula is C13H18N2O4. The first-order valence-corrected chi connectivity index (χ1v) is 6.07. The summed E-state index contributed by atoms with van der Waals surface area (Å²) in [4.78, 5) is 23.6. The lowest BCUT2D eigenvalue weighted by Crippen LogP contribution is -2.27. The Hall–Kier alpha value is -2.11. The van der Waals surface area contributed by atoms with Gasteiger partial charge in [0.2, 0.25) is 0 Å². The van der Waals surface area contributed by atoms with Crippen LogP contribution in [-0.2, 0) is 9.53 Å². The number of nitro benzene ring substituents is 1. The smallest absolute Gasteiger partial charge is 0.307 e. The van der Waals surface area contributed by atoms with Crippen LogP contribution >= 0.6 is 0 Å². The summed E-state index contributed by atoms with van der Waals surface area (Å²) in [6.07, 6.45) is 0.256. The predicted molar refractivity (Wildman–Crippen MR) is 72.4 cm³/mol. The third-order valence-corrected chi connectivity index (χ3v) is 3.01. The maximum Gasteiger partial charge on any atom is 0.307 e. The summed E-state index contributed by atoms with van der Waals surface area (Å²) in [6.45, 7) is 4.80. The highest BCUT2D eigenvalue weighted by molar-refractivity contribution is 5.70. The number of nitro groups is 1. The minimum Gasteiger partial charge on any atom is -0.469 e. The number of nitrogens with zero attached hydrogens (tertiary/aromatic N) is 2. The molecule has 0 aliphatic heterocycles. The lowest BCUT2D eigenvalue weighted by Gasteiger charge is -2.24. The molecule has 1 aromatic carbocycles. The highest BCUT2D eigenvalue weighted by Crippen LogP contribution is 2.28. The van der Waals surface area contributed by atoms with Crippen LogP contribution in [0.4, 0.5) is 11.4 Å². The zero-order valence-electron chi connectivity index (χ0n) is 11.4. The fourth-order valence-corrected chi connectivity index (χ4v) is 1.93. The van der Waals surface area contributed by atoms with Gasteiger partial charge in [-0.15, -0.1) is 0 Å². The van der Waals surface area contributed by atoms with Crippen molar-refractivity contribution in [2.75, 3.05) is 25.1 Å². The van der Waals surface area contributed by atoms with Crippen molar-refractivity contribution in [1.82, 2.24) is 0 Å². The van der Waals surface area contributed by atoms with E-state index in [-0.39, 0.29) is 18.1 Å².